The summed E-state index contributed by atoms with van der Waals surface area (Å²) in [6, 6.07) is 12.5. The maximum absolute atomic E-state index is 10.9. The van der Waals surface area contributed by atoms with Gasteiger partial charge in [0.25, 0.3) is 0 Å². The van der Waals surface area contributed by atoms with Crippen molar-refractivity contribution in [1.82, 2.24) is 4.98 Å². The number of aromatic nitrogens is 1. The van der Waals surface area contributed by atoms with E-state index in [-0.39, 0.29) is 5.56 Å². The van der Waals surface area contributed by atoms with E-state index in [2.05, 4.69) is 10.3 Å². The van der Waals surface area contributed by atoms with Crippen LogP contribution in [0.4, 0.5) is 5.69 Å². The van der Waals surface area contributed by atoms with E-state index in [4.69, 9.17) is 16.7 Å². The van der Waals surface area contributed by atoms with Gasteiger partial charge in [0.1, 0.15) is 0 Å². The van der Waals surface area contributed by atoms with Gasteiger partial charge in [-0.3, -0.25) is 0 Å². The number of carbonyl (C=O) groups is 1. The quantitative estimate of drug-likeness (QED) is 0.678. The number of benzene rings is 2. The molecule has 0 amide bonds. The van der Waals surface area contributed by atoms with E-state index >= 15 is 0 Å². The van der Waals surface area contributed by atoms with Gasteiger partial charge in [-0.2, -0.15) is 0 Å². The highest BCUT2D eigenvalue weighted by Crippen LogP contribution is 2.23. The van der Waals surface area contributed by atoms with Gasteiger partial charge in [0.2, 0.25) is 0 Å². The van der Waals surface area contributed by atoms with E-state index in [0.717, 1.165) is 22.2 Å². The highest BCUT2D eigenvalue weighted by atomic mass is 35.5. The lowest BCUT2D eigenvalue weighted by Gasteiger charge is -2.06. The third-order valence-corrected chi connectivity index (χ3v) is 3.56. The minimum Gasteiger partial charge on any atom is -0.478 e. The van der Waals surface area contributed by atoms with Crippen molar-refractivity contribution in [3.63, 3.8) is 0 Å². The average molecular weight is 301 g/mol. The second-order valence-corrected chi connectivity index (χ2v) is 5.18. The summed E-state index contributed by atoms with van der Waals surface area (Å²) in [7, 11) is 0. The molecule has 3 N–H and O–H groups in total. The van der Waals surface area contributed by atoms with Crippen LogP contribution >= 0.6 is 11.6 Å². The molecule has 0 radical (unpaired) electrons. The van der Waals surface area contributed by atoms with Crippen LogP contribution in [0.15, 0.2) is 48.7 Å². The second kappa shape index (κ2) is 5.50. The first-order valence-electron chi connectivity index (χ1n) is 6.46. The van der Waals surface area contributed by atoms with Crippen molar-refractivity contribution in [2.45, 2.75) is 6.54 Å². The largest absolute Gasteiger partial charge is 0.478 e. The van der Waals surface area contributed by atoms with Gasteiger partial charge in [-0.05, 0) is 35.9 Å². The van der Waals surface area contributed by atoms with Crippen LogP contribution in [0.5, 0.6) is 0 Å². The molecular formula is C16H13ClN2O2. The fourth-order valence-electron chi connectivity index (χ4n) is 2.26. The molecule has 0 aliphatic carbocycles. The molecule has 0 aliphatic rings. The predicted octanol–water partition coefficient (Wildman–Crippen LogP) is 4.13. The summed E-state index contributed by atoms with van der Waals surface area (Å²) < 4.78 is 0. The Bertz CT molecular complexity index is 811. The van der Waals surface area contributed by atoms with Crippen molar-refractivity contribution in [1.29, 1.82) is 0 Å². The zero-order chi connectivity index (χ0) is 14.8. The van der Waals surface area contributed by atoms with Gasteiger partial charge in [0.05, 0.1) is 5.56 Å². The number of rotatable bonds is 4. The topological polar surface area (TPSA) is 65.1 Å². The summed E-state index contributed by atoms with van der Waals surface area (Å²) in [6.45, 7) is 0.602. The molecule has 0 bridgehead atoms. The maximum Gasteiger partial charge on any atom is 0.335 e. The maximum atomic E-state index is 10.9. The molecule has 4 nitrogen and oxygen atoms in total. The Balaban J connectivity index is 1.80. The minimum absolute atomic E-state index is 0.269. The first kappa shape index (κ1) is 13.5. The standard InChI is InChI=1S/C16H13ClN2O2/c17-12-4-5-14-11(9-19-15(14)7-12)8-18-13-3-1-2-10(6-13)16(20)21/h1-7,9,18-19H,8H2,(H,20,21). The zero-order valence-corrected chi connectivity index (χ0v) is 11.8. The van der Waals surface area contributed by atoms with E-state index in [9.17, 15) is 4.79 Å². The molecule has 0 atom stereocenters. The fourth-order valence-corrected chi connectivity index (χ4v) is 2.44. The molecule has 3 aromatic rings. The molecule has 0 fully saturated rings. The molecule has 0 saturated carbocycles. The molecule has 1 heterocycles. The normalized spacial score (nSPS) is 10.7. The highest BCUT2D eigenvalue weighted by molar-refractivity contribution is 6.31. The van der Waals surface area contributed by atoms with Gasteiger partial charge in [-0.25, -0.2) is 4.79 Å². The number of hydrogen-bond donors (Lipinski definition) is 3. The molecule has 106 valence electrons. The Morgan fingerprint density at radius 1 is 1.24 bits per heavy atom. The molecule has 0 aliphatic heterocycles. The number of fused-ring (bicyclic) bond motifs is 1. The van der Waals surface area contributed by atoms with Crippen LogP contribution < -0.4 is 5.32 Å². The minimum atomic E-state index is -0.930. The zero-order valence-electron chi connectivity index (χ0n) is 11.1. The van der Waals surface area contributed by atoms with E-state index in [0.29, 0.717) is 11.6 Å². The van der Waals surface area contributed by atoms with E-state index < -0.39 is 5.97 Å². The van der Waals surface area contributed by atoms with Crippen molar-refractivity contribution in [2.24, 2.45) is 0 Å². The molecular weight excluding hydrogens is 288 g/mol. The lowest BCUT2D eigenvalue weighted by Crippen LogP contribution is -2.01. The fraction of sp³-hybridized carbons (Fsp3) is 0.0625. The Labute approximate surface area is 126 Å². The van der Waals surface area contributed by atoms with Gasteiger partial charge in [-0.15, -0.1) is 0 Å². The second-order valence-electron chi connectivity index (χ2n) is 4.74. The SMILES string of the molecule is O=C(O)c1cccc(NCc2c[nH]c3cc(Cl)ccc23)c1. The number of H-pyrrole nitrogens is 1. The Morgan fingerprint density at radius 2 is 2.10 bits per heavy atom. The number of nitrogens with one attached hydrogen (secondary N) is 2. The third kappa shape index (κ3) is 2.85. The van der Waals surface area contributed by atoms with Crippen LogP contribution in [0, 0.1) is 0 Å². The smallest absolute Gasteiger partial charge is 0.335 e. The summed E-state index contributed by atoms with van der Waals surface area (Å²) in [5, 5.41) is 14.0. The number of carboxylic acid groups (broad SMARTS) is 1. The summed E-state index contributed by atoms with van der Waals surface area (Å²) >= 11 is 5.96. The Kier molecular flexibility index (Phi) is 3.54. The van der Waals surface area contributed by atoms with Crippen molar-refractivity contribution >= 4 is 34.2 Å². The number of halogens is 1. The first-order valence-corrected chi connectivity index (χ1v) is 6.84. The van der Waals surface area contributed by atoms with Crippen LogP contribution in [0.1, 0.15) is 15.9 Å². The third-order valence-electron chi connectivity index (χ3n) is 3.32. The van der Waals surface area contributed by atoms with Crippen LogP contribution in [0.3, 0.4) is 0 Å². The van der Waals surface area contributed by atoms with Crippen molar-refractivity contribution in [2.75, 3.05) is 5.32 Å². The number of aromatic amines is 1. The number of hydrogen-bond acceptors (Lipinski definition) is 2. The number of carboxylic acids is 1. The molecule has 0 spiro atoms. The lowest BCUT2D eigenvalue weighted by molar-refractivity contribution is 0.0697. The van der Waals surface area contributed by atoms with Gasteiger partial charge in [0, 0.05) is 34.4 Å². The molecule has 0 unspecified atom stereocenters. The van der Waals surface area contributed by atoms with Gasteiger partial charge in [0.15, 0.2) is 0 Å². The summed E-state index contributed by atoms with van der Waals surface area (Å²) in [5.41, 5.74) is 3.13. The summed E-state index contributed by atoms with van der Waals surface area (Å²) in [6.07, 6.45) is 1.93. The molecule has 21 heavy (non-hydrogen) atoms. The van der Waals surface area contributed by atoms with Crippen molar-refractivity contribution in [3.8, 4) is 0 Å². The van der Waals surface area contributed by atoms with Gasteiger partial charge in [-0.1, -0.05) is 23.7 Å². The van der Waals surface area contributed by atoms with E-state index in [1.807, 2.05) is 30.5 Å². The highest BCUT2D eigenvalue weighted by Gasteiger charge is 2.06. The van der Waals surface area contributed by atoms with Crippen LogP contribution in [-0.2, 0) is 6.54 Å². The lowest BCUT2D eigenvalue weighted by atomic mass is 10.1. The average Bonchev–Trinajstić information content (AvgIpc) is 2.87. The monoisotopic (exact) mass is 300 g/mol. The predicted molar refractivity (Wildman–Crippen MR) is 84.0 cm³/mol. The Hall–Kier alpha value is -2.46. The molecule has 0 saturated heterocycles. The summed E-state index contributed by atoms with van der Waals surface area (Å²) in [4.78, 5) is 14.1. The van der Waals surface area contributed by atoms with Crippen LogP contribution in [0.25, 0.3) is 10.9 Å². The number of anilines is 1. The van der Waals surface area contributed by atoms with Crippen molar-refractivity contribution in [3.05, 3.63) is 64.8 Å². The molecule has 5 heteroatoms. The molecule has 1 aromatic heterocycles. The first-order chi connectivity index (χ1) is 10.1. The molecule has 2 aromatic carbocycles. The van der Waals surface area contributed by atoms with Crippen LogP contribution in [0.2, 0.25) is 5.02 Å². The van der Waals surface area contributed by atoms with E-state index in [1.54, 1.807) is 18.2 Å². The number of aromatic carboxylic acids is 1. The van der Waals surface area contributed by atoms with Crippen LogP contribution in [-0.4, -0.2) is 16.1 Å². The van der Waals surface area contributed by atoms with Gasteiger partial charge >= 0.3 is 5.97 Å². The molecule has 3 rings (SSSR count). The Morgan fingerprint density at radius 3 is 2.90 bits per heavy atom. The van der Waals surface area contributed by atoms with Gasteiger partial charge < -0.3 is 15.4 Å². The van der Waals surface area contributed by atoms with E-state index in [1.165, 1.54) is 0 Å². The summed E-state index contributed by atoms with van der Waals surface area (Å²) in [5.74, 6) is -0.930. The van der Waals surface area contributed by atoms with Crippen molar-refractivity contribution < 1.29 is 9.90 Å².